The van der Waals surface area contributed by atoms with Crippen molar-refractivity contribution in [1.82, 2.24) is 14.5 Å². The van der Waals surface area contributed by atoms with E-state index in [1.54, 1.807) is 23.1 Å². The van der Waals surface area contributed by atoms with Gasteiger partial charge in [0.05, 0.1) is 4.90 Å². The maximum Gasteiger partial charge on any atom is 0.325 e. The highest BCUT2D eigenvalue weighted by atomic mass is 32.2. The molecule has 1 aliphatic carbocycles. The van der Waals surface area contributed by atoms with Crippen molar-refractivity contribution < 1.29 is 22.8 Å². The minimum absolute atomic E-state index is 0.253. The topological polar surface area (TPSA) is 107 Å². The summed E-state index contributed by atoms with van der Waals surface area (Å²) in [6.45, 7) is 1.24. The van der Waals surface area contributed by atoms with E-state index in [0.717, 1.165) is 29.7 Å². The Morgan fingerprint density at radius 1 is 1.03 bits per heavy atom. The van der Waals surface area contributed by atoms with Crippen LogP contribution in [0.1, 0.15) is 44.1 Å². The summed E-state index contributed by atoms with van der Waals surface area (Å²) in [5.41, 5.74) is 0.644. The maximum atomic E-state index is 13.0. The highest BCUT2D eigenvalue weighted by Crippen LogP contribution is 2.37. The molecular formula is C21H26N4O5S. The molecule has 4 aliphatic rings. The molecule has 3 heterocycles. The summed E-state index contributed by atoms with van der Waals surface area (Å²) in [6.07, 6.45) is 5.22. The molecule has 1 spiro atoms. The first kappa shape index (κ1) is 20.4. The number of nitrogens with one attached hydrogen (secondary N) is 1. The van der Waals surface area contributed by atoms with E-state index in [1.807, 2.05) is 0 Å². The molecule has 31 heavy (non-hydrogen) atoms. The Morgan fingerprint density at radius 3 is 2.42 bits per heavy atom. The highest BCUT2D eigenvalue weighted by Gasteiger charge is 2.55. The van der Waals surface area contributed by atoms with Crippen LogP contribution in [-0.4, -0.2) is 67.2 Å². The van der Waals surface area contributed by atoms with Crippen LogP contribution >= 0.6 is 0 Å². The van der Waals surface area contributed by atoms with Gasteiger partial charge in [-0.15, -0.1) is 0 Å². The number of sulfonamides is 1. The number of carbonyl (C=O) groups excluding carboxylic acids is 3. The summed E-state index contributed by atoms with van der Waals surface area (Å²) in [4.78, 5) is 40.8. The van der Waals surface area contributed by atoms with Crippen molar-refractivity contribution in [3.63, 3.8) is 0 Å². The van der Waals surface area contributed by atoms with Gasteiger partial charge < -0.3 is 10.2 Å². The van der Waals surface area contributed by atoms with Crippen LogP contribution in [0.4, 0.5) is 10.5 Å². The second-order valence-corrected chi connectivity index (χ2v) is 10.7. The number of anilines is 1. The first-order valence-electron chi connectivity index (χ1n) is 10.9. The lowest BCUT2D eigenvalue weighted by molar-refractivity contribution is -0.136. The van der Waals surface area contributed by atoms with Crippen molar-refractivity contribution in [2.24, 2.45) is 0 Å². The smallest absolute Gasteiger partial charge is 0.323 e. The molecule has 3 fully saturated rings. The van der Waals surface area contributed by atoms with Gasteiger partial charge in [0.25, 0.3) is 5.91 Å². The Morgan fingerprint density at radius 2 is 1.77 bits per heavy atom. The van der Waals surface area contributed by atoms with Gasteiger partial charge in [0, 0.05) is 25.3 Å². The Bertz CT molecular complexity index is 1060. The summed E-state index contributed by atoms with van der Waals surface area (Å²) in [6, 6.07) is 4.38. The maximum absolute atomic E-state index is 13.0. The van der Waals surface area contributed by atoms with Gasteiger partial charge in [-0.25, -0.2) is 13.2 Å². The first-order valence-corrected chi connectivity index (χ1v) is 12.3. The summed E-state index contributed by atoms with van der Waals surface area (Å²) >= 11 is 0. The predicted molar refractivity (Wildman–Crippen MR) is 112 cm³/mol. The predicted octanol–water partition coefficient (Wildman–Crippen LogP) is 1.22. The fourth-order valence-electron chi connectivity index (χ4n) is 4.98. The van der Waals surface area contributed by atoms with Gasteiger partial charge in [-0.1, -0.05) is 0 Å². The van der Waals surface area contributed by atoms with Crippen LogP contribution in [0.3, 0.4) is 0 Å². The third-order valence-electron chi connectivity index (χ3n) is 6.92. The number of rotatable bonds is 4. The number of carbonyl (C=O) groups is 3. The summed E-state index contributed by atoms with van der Waals surface area (Å²) in [7, 11) is -3.53. The van der Waals surface area contributed by atoms with Crippen molar-refractivity contribution in [3.8, 4) is 0 Å². The van der Waals surface area contributed by atoms with E-state index in [1.165, 1.54) is 4.31 Å². The van der Waals surface area contributed by atoms with Crippen molar-refractivity contribution >= 4 is 33.6 Å². The largest absolute Gasteiger partial charge is 0.325 e. The van der Waals surface area contributed by atoms with E-state index in [9.17, 15) is 22.8 Å². The molecule has 1 saturated carbocycles. The molecule has 1 aromatic carbocycles. The molecule has 1 aromatic rings. The second kappa shape index (κ2) is 7.30. The Balaban J connectivity index is 1.36. The van der Waals surface area contributed by atoms with E-state index in [-0.39, 0.29) is 23.3 Å². The molecule has 0 aromatic heterocycles. The molecule has 5 rings (SSSR count). The molecule has 2 saturated heterocycles. The fourth-order valence-corrected chi connectivity index (χ4v) is 6.55. The summed E-state index contributed by atoms with van der Waals surface area (Å²) in [5, 5.41) is 2.74. The van der Waals surface area contributed by atoms with E-state index in [0.29, 0.717) is 51.0 Å². The number of urea groups is 1. The second-order valence-electron chi connectivity index (χ2n) is 8.81. The molecule has 3 aliphatic heterocycles. The van der Waals surface area contributed by atoms with Crippen LogP contribution in [-0.2, 0) is 26.0 Å². The first-order chi connectivity index (χ1) is 14.8. The van der Waals surface area contributed by atoms with Gasteiger partial charge in [-0.05, 0) is 68.7 Å². The minimum atomic E-state index is -3.53. The lowest BCUT2D eigenvalue weighted by atomic mass is 9.77. The third-order valence-corrected chi connectivity index (χ3v) is 8.81. The molecule has 10 heteroatoms. The number of hydrogen-bond acceptors (Lipinski definition) is 5. The number of benzene rings is 1. The molecule has 9 nitrogen and oxygen atoms in total. The quantitative estimate of drug-likeness (QED) is 0.700. The van der Waals surface area contributed by atoms with Gasteiger partial charge in [0.1, 0.15) is 12.1 Å². The number of amides is 4. The van der Waals surface area contributed by atoms with Crippen molar-refractivity contribution in [2.45, 2.75) is 55.4 Å². The van der Waals surface area contributed by atoms with Crippen LogP contribution in [0.15, 0.2) is 23.1 Å². The average Bonchev–Trinajstić information content (AvgIpc) is 3.36. The minimum Gasteiger partial charge on any atom is -0.323 e. The summed E-state index contributed by atoms with van der Waals surface area (Å²) < 4.78 is 27.3. The molecular weight excluding hydrogens is 420 g/mol. The molecule has 166 valence electrons. The van der Waals surface area contributed by atoms with Gasteiger partial charge in [0.2, 0.25) is 15.9 Å². The Labute approximate surface area is 181 Å². The van der Waals surface area contributed by atoms with E-state index in [4.69, 9.17) is 0 Å². The Hall–Kier alpha value is -2.46. The molecule has 0 atom stereocenters. The molecule has 1 N–H and O–H groups in total. The molecule has 0 radical (unpaired) electrons. The number of nitrogens with zero attached hydrogens (tertiary/aromatic N) is 3. The van der Waals surface area contributed by atoms with E-state index in [2.05, 4.69) is 5.32 Å². The fraction of sp³-hybridized carbons (Fsp3) is 0.571. The van der Waals surface area contributed by atoms with Crippen LogP contribution < -0.4 is 10.2 Å². The highest BCUT2D eigenvalue weighted by molar-refractivity contribution is 7.89. The van der Waals surface area contributed by atoms with Gasteiger partial charge in [-0.2, -0.15) is 4.31 Å². The Kier molecular flexibility index (Phi) is 4.82. The van der Waals surface area contributed by atoms with Gasteiger partial charge >= 0.3 is 6.03 Å². The molecule has 4 amide bonds. The molecule has 0 bridgehead atoms. The number of hydrogen-bond donors (Lipinski definition) is 1. The van der Waals surface area contributed by atoms with Crippen LogP contribution in [0.25, 0.3) is 0 Å². The zero-order valence-electron chi connectivity index (χ0n) is 17.3. The van der Waals surface area contributed by atoms with Crippen molar-refractivity contribution in [2.75, 3.05) is 31.1 Å². The SMILES string of the molecule is O=C1NC2(CCC2)C(=O)N1CC(=O)N1CCCc2cc(S(=O)(=O)N3CCCC3)ccc21. The summed E-state index contributed by atoms with van der Waals surface area (Å²) in [5.74, 6) is -0.655. The number of imide groups is 1. The van der Waals surface area contributed by atoms with Gasteiger partial charge in [0.15, 0.2) is 0 Å². The lowest BCUT2D eigenvalue weighted by Gasteiger charge is -2.35. The normalized spacial score (nSPS) is 23.1. The average molecular weight is 447 g/mol. The van der Waals surface area contributed by atoms with Crippen LogP contribution in [0, 0.1) is 0 Å². The third kappa shape index (κ3) is 3.23. The molecule has 0 unspecified atom stereocenters. The monoisotopic (exact) mass is 446 g/mol. The van der Waals surface area contributed by atoms with Crippen LogP contribution in [0.2, 0.25) is 0 Å². The van der Waals surface area contributed by atoms with Gasteiger partial charge in [-0.3, -0.25) is 14.5 Å². The number of fused-ring (bicyclic) bond motifs is 1. The van der Waals surface area contributed by atoms with E-state index >= 15 is 0 Å². The lowest BCUT2D eigenvalue weighted by Crippen LogP contribution is -2.53. The zero-order valence-corrected chi connectivity index (χ0v) is 18.1. The van der Waals surface area contributed by atoms with Crippen LogP contribution in [0.5, 0.6) is 0 Å². The zero-order chi connectivity index (χ0) is 21.8. The van der Waals surface area contributed by atoms with E-state index < -0.39 is 21.6 Å². The van der Waals surface area contributed by atoms with Crippen molar-refractivity contribution in [3.05, 3.63) is 23.8 Å². The number of aryl methyl sites for hydroxylation is 1. The van der Waals surface area contributed by atoms with Crippen molar-refractivity contribution in [1.29, 1.82) is 0 Å². The standard InChI is InChI=1S/C21H26N4O5S/c26-18(14-25-19(27)21(8-4-9-21)22-20(25)28)24-12-3-5-15-13-16(6-7-17(15)24)31(29,30)23-10-1-2-11-23/h6-7,13H,1-5,8-12,14H2,(H,22,28).